The summed E-state index contributed by atoms with van der Waals surface area (Å²) in [7, 11) is -4.08. The number of carbonyl (C=O) groups is 2. The molecule has 0 fully saturated rings. The average molecular weight is 629 g/mol. The van der Waals surface area contributed by atoms with Gasteiger partial charge in [-0.3, -0.25) is 14.5 Å². The number of sulfonamides is 1. The number of nitrogens with one attached hydrogen (secondary N) is 3. The van der Waals surface area contributed by atoms with E-state index in [1.807, 2.05) is 29.6 Å². The monoisotopic (exact) mass is 628 g/mol. The Morgan fingerprint density at radius 2 is 1.88 bits per heavy atom. The Labute approximate surface area is 249 Å². The first-order valence-corrected chi connectivity index (χ1v) is 15.7. The zero-order chi connectivity index (χ0) is 30.1. The lowest BCUT2D eigenvalue weighted by Gasteiger charge is -2.15. The van der Waals surface area contributed by atoms with E-state index in [0.29, 0.717) is 18.7 Å². The third-order valence-electron chi connectivity index (χ3n) is 5.92. The Balaban J connectivity index is 1.39. The van der Waals surface area contributed by atoms with Crippen LogP contribution in [0, 0.1) is 0 Å². The first-order valence-electron chi connectivity index (χ1n) is 12.5. The molecular formula is C26H28N8O5S3. The molecule has 42 heavy (non-hydrogen) atoms. The second kappa shape index (κ2) is 13.9. The number of anilines is 2. The maximum Gasteiger partial charge on any atom is 0.326 e. The molecule has 0 bridgehead atoms. The van der Waals surface area contributed by atoms with Crippen LogP contribution in [0.2, 0.25) is 0 Å². The van der Waals surface area contributed by atoms with Crippen molar-refractivity contribution in [3.63, 3.8) is 0 Å². The fourth-order valence-corrected chi connectivity index (χ4v) is 6.21. The molecule has 220 valence electrons. The minimum atomic E-state index is -4.08. The second-order valence-electron chi connectivity index (χ2n) is 8.95. The van der Waals surface area contributed by atoms with Gasteiger partial charge in [0.15, 0.2) is 5.96 Å². The number of hydrogen-bond donors (Lipinski definition) is 6. The van der Waals surface area contributed by atoms with Gasteiger partial charge in [0.1, 0.15) is 16.6 Å². The number of aromatic nitrogens is 2. The summed E-state index contributed by atoms with van der Waals surface area (Å²) in [6.07, 6.45) is 0.399. The van der Waals surface area contributed by atoms with Crippen LogP contribution < -0.4 is 26.8 Å². The molecule has 0 spiro atoms. The molecule has 2 aromatic carbocycles. The van der Waals surface area contributed by atoms with Gasteiger partial charge in [-0.05, 0) is 59.6 Å². The number of guanidine groups is 1. The van der Waals surface area contributed by atoms with Crippen LogP contribution in [0.5, 0.6) is 0 Å². The molecule has 8 N–H and O–H groups in total. The highest BCUT2D eigenvalue weighted by Crippen LogP contribution is 2.27. The normalized spacial score (nSPS) is 11.8. The lowest BCUT2D eigenvalue weighted by molar-refractivity contribution is -0.139. The van der Waals surface area contributed by atoms with Gasteiger partial charge in [-0.25, -0.2) is 13.2 Å². The largest absolute Gasteiger partial charge is 0.480 e. The summed E-state index contributed by atoms with van der Waals surface area (Å²) < 4.78 is 32.7. The molecule has 0 aliphatic carbocycles. The Hall–Kier alpha value is -4.54. The smallest absolute Gasteiger partial charge is 0.326 e. The summed E-state index contributed by atoms with van der Waals surface area (Å²) in [5.74, 6) is -2.06. The van der Waals surface area contributed by atoms with Gasteiger partial charge in [0, 0.05) is 29.7 Å². The van der Waals surface area contributed by atoms with Gasteiger partial charge in [-0.1, -0.05) is 34.8 Å². The molecule has 0 aliphatic heterocycles. The number of rotatable bonds is 14. The standard InChI is InChI=1S/C26H28N8O5S3/c27-26(28)29-11-2-5-21(25(36)37)31-24(35)23-20(10-12-40-23)33-42(38,39)19-4-1-3-18(13-19)30-14-16-6-8-17(9-7-16)22-15-41-34-32-22/h1,3-4,6-10,12-13,15,21,30,33H,2,5,11,14H2,(H,31,35)(H,36,37)(H4,27,28,29)/t21-/m0/s1. The van der Waals surface area contributed by atoms with E-state index in [4.69, 9.17) is 11.5 Å². The zero-order valence-electron chi connectivity index (χ0n) is 22.1. The van der Waals surface area contributed by atoms with Gasteiger partial charge in [0.2, 0.25) is 0 Å². The number of aliphatic carboxylic acids is 1. The van der Waals surface area contributed by atoms with Crippen molar-refractivity contribution in [3.8, 4) is 11.3 Å². The Bertz CT molecular complexity index is 1650. The molecule has 1 atom stereocenters. The van der Waals surface area contributed by atoms with Crippen LogP contribution in [-0.4, -0.2) is 53.5 Å². The predicted molar refractivity (Wildman–Crippen MR) is 163 cm³/mol. The summed E-state index contributed by atoms with van der Waals surface area (Å²) >= 11 is 2.26. The molecule has 13 nitrogen and oxygen atoms in total. The lowest BCUT2D eigenvalue weighted by Crippen LogP contribution is -2.40. The number of nitrogens with zero attached hydrogens (tertiary/aromatic N) is 3. The fraction of sp³-hybridized carbons (Fsp3) is 0.192. The van der Waals surface area contributed by atoms with Crippen LogP contribution in [0.1, 0.15) is 28.1 Å². The van der Waals surface area contributed by atoms with E-state index in [1.54, 1.807) is 12.1 Å². The lowest BCUT2D eigenvalue weighted by atomic mass is 10.1. The van der Waals surface area contributed by atoms with Gasteiger partial charge in [0.25, 0.3) is 15.9 Å². The molecule has 0 aliphatic rings. The van der Waals surface area contributed by atoms with E-state index in [9.17, 15) is 23.1 Å². The van der Waals surface area contributed by atoms with Gasteiger partial charge in [-0.15, -0.1) is 16.4 Å². The van der Waals surface area contributed by atoms with Crippen LogP contribution in [0.15, 0.2) is 75.2 Å². The Kier molecular flexibility index (Phi) is 10.1. The SMILES string of the molecule is NC(N)=NCCC[C@H](NC(=O)c1sccc1NS(=O)(=O)c1cccc(NCc2ccc(-c3csnn3)cc2)c1)C(=O)O. The molecular weight excluding hydrogens is 601 g/mol. The number of thiophene rings is 1. The van der Waals surface area contributed by atoms with E-state index in [2.05, 4.69) is 29.9 Å². The van der Waals surface area contributed by atoms with Crippen molar-refractivity contribution in [1.82, 2.24) is 14.9 Å². The average Bonchev–Trinajstić information content (AvgIpc) is 3.66. The molecule has 0 saturated carbocycles. The van der Waals surface area contributed by atoms with Crippen molar-refractivity contribution in [2.45, 2.75) is 30.3 Å². The number of hydrogen-bond acceptors (Lipinski definition) is 10. The first kappa shape index (κ1) is 30.4. The van der Waals surface area contributed by atoms with Gasteiger partial charge in [-0.2, -0.15) is 0 Å². The number of nitrogens with two attached hydrogens (primary N) is 2. The molecule has 1 amide bonds. The highest BCUT2D eigenvalue weighted by atomic mass is 32.2. The summed E-state index contributed by atoms with van der Waals surface area (Å²) in [5.41, 5.74) is 13.9. The fourth-order valence-electron chi connectivity index (χ4n) is 3.81. The van der Waals surface area contributed by atoms with E-state index in [-0.39, 0.29) is 34.4 Å². The summed E-state index contributed by atoms with van der Waals surface area (Å²) in [5, 5.41) is 22.6. The zero-order valence-corrected chi connectivity index (χ0v) is 24.5. The van der Waals surface area contributed by atoms with Crippen LogP contribution in [0.3, 0.4) is 0 Å². The van der Waals surface area contributed by atoms with E-state index in [1.165, 1.54) is 35.1 Å². The van der Waals surface area contributed by atoms with Crippen molar-refractivity contribution in [3.05, 3.63) is 75.8 Å². The quantitative estimate of drug-likeness (QED) is 0.0682. The highest BCUT2D eigenvalue weighted by Gasteiger charge is 2.25. The van der Waals surface area contributed by atoms with Crippen molar-refractivity contribution >= 4 is 62.1 Å². The molecule has 2 aromatic heterocycles. The number of aliphatic imine (C=N–C) groups is 1. The predicted octanol–water partition coefficient (Wildman–Crippen LogP) is 2.92. The summed E-state index contributed by atoms with van der Waals surface area (Å²) in [6, 6.07) is 14.3. The van der Waals surface area contributed by atoms with Crippen LogP contribution in [-0.2, 0) is 21.4 Å². The van der Waals surface area contributed by atoms with Crippen LogP contribution in [0.4, 0.5) is 11.4 Å². The van der Waals surface area contributed by atoms with Crippen LogP contribution >= 0.6 is 22.9 Å². The summed E-state index contributed by atoms with van der Waals surface area (Å²) in [6.45, 7) is 0.662. The third-order valence-corrected chi connectivity index (χ3v) is 8.70. The van der Waals surface area contributed by atoms with Gasteiger partial charge < -0.3 is 27.2 Å². The minimum absolute atomic E-state index is 0.0143. The van der Waals surface area contributed by atoms with E-state index in [0.717, 1.165) is 28.2 Å². The first-order chi connectivity index (χ1) is 20.1. The third kappa shape index (κ3) is 8.25. The van der Waals surface area contributed by atoms with Crippen molar-refractivity contribution in [2.75, 3.05) is 16.6 Å². The second-order valence-corrected chi connectivity index (χ2v) is 12.2. The number of amides is 1. The van der Waals surface area contributed by atoms with Crippen molar-refractivity contribution in [1.29, 1.82) is 0 Å². The molecule has 16 heteroatoms. The van der Waals surface area contributed by atoms with Gasteiger partial charge in [0.05, 0.1) is 10.6 Å². The molecule has 4 aromatic rings. The van der Waals surface area contributed by atoms with E-state index < -0.39 is 27.9 Å². The molecule has 0 radical (unpaired) electrons. The molecule has 4 rings (SSSR count). The highest BCUT2D eigenvalue weighted by molar-refractivity contribution is 7.92. The van der Waals surface area contributed by atoms with Crippen molar-refractivity contribution < 1.29 is 23.1 Å². The number of carboxylic acid groups (broad SMARTS) is 1. The Morgan fingerprint density at radius 1 is 1.10 bits per heavy atom. The maximum atomic E-state index is 13.2. The van der Waals surface area contributed by atoms with Crippen LogP contribution in [0.25, 0.3) is 11.3 Å². The summed E-state index contributed by atoms with van der Waals surface area (Å²) in [4.78, 5) is 28.3. The number of carboxylic acids is 1. The topological polar surface area (TPSA) is 215 Å². The minimum Gasteiger partial charge on any atom is -0.480 e. The molecule has 2 heterocycles. The Morgan fingerprint density at radius 3 is 2.57 bits per heavy atom. The van der Waals surface area contributed by atoms with Crippen molar-refractivity contribution in [2.24, 2.45) is 16.5 Å². The van der Waals surface area contributed by atoms with Gasteiger partial charge >= 0.3 is 5.97 Å². The maximum absolute atomic E-state index is 13.2. The number of carbonyl (C=O) groups excluding carboxylic acids is 1. The molecule has 0 saturated heterocycles. The number of benzene rings is 2. The molecule has 0 unspecified atom stereocenters. The van der Waals surface area contributed by atoms with E-state index >= 15 is 0 Å².